The molecule has 17 nitrogen and oxygen atoms in total. The van der Waals surface area contributed by atoms with Crippen LogP contribution in [-0.4, -0.2) is 96.7 Å². The molecule has 3 N–H and O–H groups in total. The van der Waals surface area contributed by atoms with Gasteiger partial charge >= 0.3 is 39.5 Å². The maximum atomic E-state index is 13.1. The van der Waals surface area contributed by atoms with Crippen LogP contribution in [0.1, 0.15) is 272 Å². The molecule has 0 aliphatic carbocycles. The fourth-order valence-corrected chi connectivity index (χ4v) is 11.3. The van der Waals surface area contributed by atoms with Crippen LogP contribution in [0.4, 0.5) is 0 Å². The maximum Gasteiger partial charge on any atom is 0.472 e. The second-order valence-electron chi connectivity index (χ2n) is 25.5. The molecular weight excluding hydrogens is 1380 g/mol. The monoisotopic (exact) mass is 1520 g/mol. The highest BCUT2D eigenvalue weighted by Crippen LogP contribution is 2.45. The number of hydrogen-bond acceptors (Lipinski definition) is 15. The highest BCUT2D eigenvalue weighted by atomic mass is 31.2. The minimum atomic E-state index is -5.03. The molecule has 0 saturated heterocycles. The summed E-state index contributed by atoms with van der Waals surface area (Å²) in [5.41, 5.74) is 0. The van der Waals surface area contributed by atoms with Crippen LogP contribution in [0.5, 0.6) is 0 Å². The normalized spacial score (nSPS) is 14.9. The van der Waals surface area contributed by atoms with Crippen molar-refractivity contribution in [3.05, 3.63) is 194 Å². The molecule has 0 radical (unpaired) electrons. The van der Waals surface area contributed by atoms with Crippen molar-refractivity contribution in [1.29, 1.82) is 0 Å². The molecule has 5 atom stereocenters. The molecular formula is C87H138O17P2. The molecule has 5 unspecified atom stereocenters. The number of hydrogen-bond donors (Lipinski definition) is 3. The Labute approximate surface area is 640 Å². The van der Waals surface area contributed by atoms with Crippen LogP contribution in [-0.2, 0) is 65.4 Å². The predicted molar refractivity (Wildman–Crippen MR) is 436 cm³/mol. The van der Waals surface area contributed by atoms with E-state index in [0.29, 0.717) is 38.5 Å². The number of aliphatic hydroxyl groups excluding tert-OH is 1. The van der Waals surface area contributed by atoms with Crippen LogP contribution >= 0.6 is 15.6 Å². The van der Waals surface area contributed by atoms with Gasteiger partial charge in [0, 0.05) is 19.3 Å². The lowest BCUT2D eigenvalue weighted by atomic mass is 10.0. The Kier molecular flexibility index (Phi) is 72.6. The summed E-state index contributed by atoms with van der Waals surface area (Å²) in [5.74, 6) is -2.51. The lowest BCUT2D eigenvalue weighted by Gasteiger charge is -2.21. The van der Waals surface area contributed by atoms with E-state index in [0.717, 1.165) is 116 Å². The highest BCUT2D eigenvalue weighted by Gasteiger charge is 2.30. The van der Waals surface area contributed by atoms with E-state index in [-0.39, 0.29) is 25.7 Å². The number of rotatable bonds is 72. The van der Waals surface area contributed by atoms with Gasteiger partial charge < -0.3 is 33.8 Å². The first-order valence-corrected chi connectivity index (χ1v) is 42.7. The fourth-order valence-electron chi connectivity index (χ4n) is 9.71. The van der Waals surface area contributed by atoms with Crippen molar-refractivity contribution in [2.75, 3.05) is 39.6 Å². The van der Waals surface area contributed by atoms with Crippen LogP contribution in [0.15, 0.2) is 194 Å². The standard InChI is InChI=1S/C87H138O17P2/c1-5-9-13-17-21-25-29-33-37-39-40-42-46-48-52-56-60-64-68-72-85(90)98-78-83(104-87(92)74-70-66-62-58-54-50-44-36-32-28-24-20-16-12-8-4)80-102-106(95,96)100-76-81(88)75-99-105(93,94)101-79-82(103-86(91)73-69-65-61-57-53-49-43-35-31-27-23-19-15-11-7-3)77-97-84(89)71-67-63-59-55-51-47-45-41-38-34-30-26-22-18-14-10-6-2/h9-11,13-15,21-23,25-27,33-35,37-38,40,42-43,45,47-48,52-53,55,57,59-60,64-65,69,81-83,88H,5-8,12,16-20,24,28-32,36,39,41,44,46,49-51,54,56,58,61-63,66-68,70-80H2,1-4H3,(H,93,94)(H,95,96)/b13-9-,14-10-,15-11-,25-21-,26-22-,27-23-,37-33-,38-34-,42-40-,43-35-,47-45-,52-48-,57-53-,59-55-,64-60-,69-65-. The van der Waals surface area contributed by atoms with Crippen molar-refractivity contribution in [1.82, 2.24) is 0 Å². The first kappa shape index (κ1) is 99.9. The van der Waals surface area contributed by atoms with Gasteiger partial charge in [-0.15, -0.1) is 0 Å². The van der Waals surface area contributed by atoms with Gasteiger partial charge in [0.25, 0.3) is 0 Å². The van der Waals surface area contributed by atoms with E-state index >= 15 is 0 Å². The average Bonchev–Trinajstić information content (AvgIpc) is 0.909. The number of carbonyl (C=O) groups is 4. The summed E-state index contributed by atoms with van der Waals surface area (Å²) in [4.78, 5) is 72.9. The number of carbonyl (C=O) groups excluding carboxylic acids is 4. The fraction of sp³-hybridized carbons (Fsp3) is 0.586. The summed E-state index contributed by atoms with van der Waals surface area (Å²) in [6.45, 7) is 4.24. The van der Waals surface area contributed by atoms with Gasteiger partial charge in [0.05, 0.1) is 32.8 Å². The van der Waals surface area contributed by atoms with Gasteiger partial charge in [0.15, 0.2) is 12.2 Å². The Balaban J connectivity index is 5.55. The van der Waals surface area contributed by atoms with Gasteiger partial charge in [-0.05, 0) is 128 Å². The van der Waals surface area contributed by atoms with Crippen molar-refractivity contribution in [3.63, 3.8) is 0 Å². The summed E-state index contributed by atoms with van der Waals surface area (Å²) in [6.07, 6.45) is 94.7. The molecule has 0 rings (SSSR count). The van der Waals surface area contributed by atoms with Gasteiger partial charge in [0.2, 0.25) is 0 Å². The third-order valence-corrected chi connectivity index (χ3v) is 17.5. The summed E-state index contributed by atoms with van der Waals surface area (Å²) in [6, 6.07) is 0. The second-order valence-corrected chi connectivity index (χ2v) is 28.4. The maximum absolute atomic E-state index is 13.1. The van der Waals surface area contributed by atoms with Gasteiger partial charge in [-0.25, -0.2) is 9.13 Å². The zero-order valence-corrected chi connectivity index (χ0v) is 67.1. The third-order valence-electron chi connectivity index (χ3n) is 15.6. The average molecular weight is 1520 g/mol. The van der Waals surface area contributed by atoms with E-state index in [1.807, 2.05) is 42.5 Å². The summed E-state index contributed by atoms with van der Waals surface area (Å²) in [7, 11) is -10.0. The minimum Gasteiger partial charge on any atom is -0.462 e. The van der Waals surface area contributed by atoms with Gasteiger partial charge in [-0.2, -0.15) is 0 Å². The number of esters is 4. The van der Waals surface area contributed by atoms with Crippen molar-refractivity contribution in [3.8, 4) is 0 Å². The molecule has 0 aromatic rings. The number of allylic oxidation sites excluding steroid dienone is 31. The molecule has 0 spiro atoms. The minimum absolute atomic E-state index is 0.0278. The van der Waals surface area contributed by atoms with Gasteiger partial charge in [0.1, 0.15) is 19.3 Å². The molecule has 0 heterocycles. The second kappa shape index (κ2) is 77.1. The summed E-state index contributed by atoms with van der Waals surface area (Å²) < 4.78 is 68.3. The van der Waals surface area contributed by atoms with Crippen LogP contribution in [0.25, 0.3) is 0 Å². The van der Waals surface area contributed by atoms with Crippen LogP contribution < -0.4 is 0 Å². The summed E-state index contributed by atoms with van der Waals surface area (Å²) >= 11 is 0. The Hall–Kier alpha value is -6.10. The van der Waals surface area contributed by atoms with E-state index in [9.17, 15) is 43.2 Å². The molecule has 106 heavy (non-hydrogen) atoms. The predicted octanol–water partition coefficient (Wildman–Crippen LogP) is 23.3. The van der Waals surface area contributed by atoms with Crippen molar-refractivity contribution in [2.24, 2.45) is 0 Å². The number of phosphoric ester groups is 2. The van der Waals surface area contributed by atoms with Crippen molar-refractivity contribution in [2.45, 2.75) is 290 Å². The Morgan fingerprint density at radius 2 is 0.547 bits per heavy atom. The van der Waals surface area contributed by atoms with Crippen LogP contribution in [0, 0.1) is 0 Å². The SMILES string of the molecule is CC/C=C\C/C=C\C/C=C\C/C=C\C/C=C\C/C=C\CCC(=O)OCC(COP(=O)(O)OCC(O)COP(=O)(O)OCC(COC(=O)CCC/C=C\C/C=C\C/C=C\C/C=C\C/C=C\CC)OC(=O)C/C=C\C/C=C\C/C=C\C/C=C\C/C=C\CC)OC(=O)CCCCCCCCCCCCCCCCC. The van der Waals surface area contributed by atoms with Gasteiger partial charge in [-0.1, -0.05) is 312 Å². The first-order valence-electron chi connectivity index (χ1n) is 39.7. The Morgan fingerprint density at radius 1 is 0.283 bits per heavy atom. The van der Waals surface area contributed by atoms with E-state index in [4.69, 9.17) is 37.0 Å². The van der Waals surface area contributed by atoms with Gasteiger partial charge in [-0.3, -0.25) is 37.3 Å². The van der Waals surface area contributed by atoms with E-state index in [1.54, 1.807) is 12.2 Å². The van der Waals surface area contributed by atoms with E-state index in [1.165, 1.54) is 64.2 Å². The largest absolute Gasteiger partial charge is 0.472 e. The molecule has 0 fully saturated rings. The Bertz CT molecular complexity index is 2780. The number of ether oxygens (including phenoxy) is 4. The molecule has 0 aliphatic rings. The lowest BCUT2D eigenvalue weighted by Crippen LogP contribution is -2.30. The molecule has 598 valence electrons. The molecule has 0 bridgehead atoms. The topological polar surface area (TPSA) is 237 Å². The number of phosphoric acid groups is 2. The molecule has 0 aromatic heterocycles. The van der Waals surface area contributed by atoms with E-state index < -0.39 is 97.5 Å². The van der Waals surface area contributed by atoms with Crippen molar-refractivity contribution >= 4 is 39.5 Å². The third kappa shape index (κ3) is 76.1. The van der Waals surface area contributed by atoms with Crippen LogP contribution in [0.2, 0.25) is 0 Å². The smallest absolute Gasteiger partial charge is 0.462 e. The van der Waals surface area contributed by atoms with Crippen LogP contribution in [0.3, 0.4) is 0 Å². The van der Waals surface area contributed by atoms with E-state index in [2.05, 4.69) is 167 Å². The zero-order valence-electron chi connectivity index (χ0n) is 65.3. The summed E-state index contributed by atoms with van der Waals surface area (Å²) in [5, 5.41) is 10.6. The Morgan fingerprint density at radius 3 is 0.887 bits per heavy atom. The quantitative estimate of drug-likeness (QED) is 0.0169. The van der Waals surface area contributed by atoms with Crippen molar-refractivity contribution < 1.29 is 80.2 Å². The highest BCUT2D eigenvalue weighted by molar-refractivity contribution is 7.47. The number of aliphatic hydroxyl groups is 1. The lowest BCUT2D eigenvalue weighted by molar-refractivity contribution is -0.161. The molecule has 0 aromatic carbocycles. The molecule has 0 saturated carbocycles. The molecule has 19 heteroatoms. The molecule has 0 amide bonds. The number of unbranched alkanes of at least 4 members (excludes halogenated alkanes) is 15. The molecule has 0 aliphatic heterocycles. The zero-order chi connectivity index (χ0) is 77.4. The first-order chi connectivity index (χ1) is 51.7.